The molecule has 1 aliphatic rings. The number of rotatable bonds is 5. The third kappa shape index (κ3) is 4.44. The summed E-state index contributed by atoms with van der Waals surface area (Å²) in [5.41, 5.74) is 2.40. The average molecular weight is 426 g/mol. The molecule has 0 atom stereocenters. The minimum Gasteiger partial charge on any atom is -0.338 e. The molecule has 0 amide bonds. The number of hydrogen-bond acceptors (Lipinski definition) is 7. The third-order valence-electron chi connectivity index (χ3n) is 5.21. The molecule has 0 aliphatic carbocycles. The highest BCUT2D eigenvalue weighted by Gasteiger charge is 2.19. The van der Waals surface area contributed by atoms with Crippen molar-refractivity contribution in [3.63, 3.8) is 0 Å². The van der Waals surface area contributed by atoms with Gasteiger partial charge in [-0.15, -0.1) is 0 Å². The van der Waals surface area contributed by atoms with Gasteiger partial charge in [0, 0.05) is 44.0 Å². The standard InChI is InChI=1S/C21H24ClN7O/c1-3-28-8-10-29(11-9-28)21-23-13-15(14(2)24-21)18-12-19(30)27-20(26-18)25-17-7-5-4-6-16(17)22/h4-7,12-13H,3,8-11H2,1-2H3,(H2,25,26,27,30). The first-order valence-electron chi connectivity index (χ1n) is 9.97. The lowest BCUT2D eigenvalue weighted by molar-refractivity contribution is 0.270. The van der Waals surface area contributed by atoms with Crippen LogP contribution in [0, 0.1) is 6.92 Å². The normalized spacial score (nSPS) is 14.7. The fourth-order valence-corrected chi connectivity index (χ4v) is 3.65. The topological polar surface area (TPSA) is 90.0 Å². The van der Waals surface area contributed by atoms with Crippen LogP contribution in [0.1, 0.15) is 12.6 Å². The minimum atomic E-state index is -0.270. The summed E-state index contributed by atoms with van der Waals surface area (Å²) >= 11 is 6.20. The monoisotopic (exact) mass is 425 g/mol. The van der Waals surface area contributed by atoms with Gasteiger partial charge in [-0.3, -0.25) is 9.78 Å². The zero-order chi connectivity index (χ0) is 21.1. The van der Waals surface area contributed by atoms with Crippen LogP contribution in [0.2, 0.25) is 5.02 Å². The Balaban J connectivity index is 1.59. The first-order chi connectivity index (χ1) is 14.5. The lowest BCUT2D eigenvalue weighted by Crippen LogP contribution is -2.46. The molecule has 1 saturated heterocycles. The van der Waals surface area contributed by atoms with Crippen molar-refractivity contribution in [2.75, 3.05) is 42.9 Å². The minimum absolute atomic E-state index is 0.270. The van der Waals surface area contributed by atoms with Crippen LogP contribution >= 0.6 is 11.6 Å². The Morgan fingerprint density at radius 2 is 1.93 bits per heavy atom. The van der Waals surface area contributed by atoms with E-state index in [1.165, 1.54) is 6.07 Å². The van der Waals surface area contributed by atoms with Gasteiger partial charge in [0.1, 0.15) is 0 Å². The fraction of sp³-hybridized carbons (Fsp3) is 0.333. The number of benzene rings is 1. The van der Waals surface area contributed by atoms with E-state index in [-0.39, 0.29) is 5.56 Å². The summed E-state index contributed by atoms with van der Waals surface area (Å²) in [4.78, 5) is 33.3. The van der Waals surface area contributed by atoms with Crippen LogP contribution in [-0.4, -0.2) is 57.6 Å². The number of H-pyrrole nitrogens is 1. The summed E-state index contributed by atoms with van der Waals surface area (Å²) in [6.45, 7) is 8.97. The number of likely N-dealkylation sites (N-methyl/N-ethyl adjacent to an activating group) is 1. The maximum atomic E-state index is 12.2. The molecule has 0 radical (unpaired) electrons. The van der Waals surface area contributed by atoms with Gasteiger partial charge in [-0.25, -0.2) is 15.0 Å². The number of aromatic nitrogens is 4. The Morgan fingerprint density at radius 1 is 1.17 bits per heavy atom. The molecule has 0 saturated carbocycles. The lowest BCUT2D eigenvalue weighted by Gasteiger charge is -2.34. The van der Waals surface area contributed by atoms with Gasteiger partial charge in [0.05, 0.1) is 22.1 Å². The number of nitrogens with zero attached hydrogens (tertiary/aromatic N) is 5. The van der Waals surface area contributed by atoms with E-state index < -0.39 is 0 Å². The summed E-state index contributed by atoms with van der Waals surface area (Å²) in [6, 6.07) is 8.72. The number of anilines is 3. The number of hydrogen-bond donors (Lipinski definition) is 2. The van der Waals surface area contributed by atoms with Gasteiger partial charge in [-0.2, -0.15) is 0 Å². The van der Waals surface area contributed by atoms with Gasteiger partial charge in [-0.1, -0.05) is 30.7 Å². The molecule has 1 aliphatic heterocycles. The van der Waals surface area contributed by atoms with Gasteiger partial charge in [-0.05, 0) is 25.6 Å². The maximum Gasteiger partial charge on any atom is 0.252 e. The number of halogens is 1. The zero-order valence-electron chi connectivity index (χ0n) is 17.0. The van der Waals surface area contributed by atoms with Crippen LogP contribution in [0.3, 0.4) is 0 Å². The Kier molecular flexibility index (Phi) is 5.96. The molecule has 8 nitrogen and oxygen atoms in total. The van der Waals surface area contributed by atoms with E-state index in [0.717, 1.165) is 44.0 Å². The molecule has 9 heteroatoms. The van der Waals surface area contributed by atoms with Gasteiger partial charge in [0.15, 0.2) is 0 Å². The number of aryl methyl sites for hydroxylation is 1. The predicted molar refractivity (Wildman–Crippen MR) is 120 cm³/mol. The van der Waals surface area contributed by atoms with Crippen LogP contribution in [0.15, 0.2) is 41.3 Å². The van der Waals surface area contributed by atoms with Gasteiger partial charge < -0.3 is 15.1 Å². The van der Waals surface area contributed by atoms with Gasteiger partial charge in [0.2, 0.25) is 11.9 Å². The Morgan fingerprint density at radius 3 is 2.63 bits per heavy atom. The van der Waals surface area contributed by atoms with Crippen LogP contribution in [-0.2, 0) is 0 Å². The molecule has 0 bridgehead atoms. The van der Waals surface area contributed by atoms with E-state index in [2.05, 4.69) is 42.0 Å². The molecule has 156 valence electrons. The van der Waals surface area contributed by atoms with E-state index in [4.69, 9.17) is 11.6 Å². The van der Waals surface area contributed by atoms with Gasteiger partial charge >= 0.3 is 0 Å². The summed E-state index contributed by atoms with van der Waals surface area (Å²) in [6.07, 6.45) is 1.74. The first-order valence-corrected chi connectivity index (χ1v) is 10.4. The maximum absolute atomic E-state index is 12.2. The summed E-state index contributed by atoms with van der Waals surface area (Å²) in [7, 11) is 0. The largest absolute Gasteiger partial charge is 0.338 e. The smallest absolute Gasteiger partial charge is 0.252 e. The second-order valence-electron chi connectivity index (χ2n) is 7.17. The molecule has 0 unspecified atom stereocenters. The fourth-order valence-electron chi connectivity index (χ4n) is 3.47. The van der Waals surface area contributed by atoms with Crippen molar-refractivity contribution < 1.29 is 0 Å². The number of para-hydroxylation sites is 1. The van der Waals surface area contributed by atoms with Crippen LogP contribution in [0.5, 0.6) is 0 Å². The van der Waals surface area contributed by atoms with E-state index in [0.29, 0.717) is 28.3 Å². The quantitative estimate of drug-likeness (QED) is 0.649. The van der Waals surface area contributed by atoms with Crippen molar-refractivity contribution in [2.45, 2.75) is 13.8 Å². The number of nitrogens with one attached hydrogen (secondary N) is 2. The predicted octanol–water partition coefficient (Wildman–Crippen LogP) is 3.07. The number of piperazine rings is 1. The summed E-state index contributed by atoms with van der Waals surface area (Å²) < 4.78 is 0. The molecule has 1 aromatic carbocycles. The third-order valence-corrected chi connectivity index (χ3v) is 5.54. The van der Waals surface area contributed by atoms with Crippen molar-refractivity contribution in [2.24, 2.45) is 0 Å². The molecule has 2 aromatic heterocycles. The summed E-state index contributed by atoms with van der Waals surface area (Å²) in [5.74, 6) is 1.02. The second kappa shape index (κ2) is 8.81. The molecular formula is C21H24ClN7O. The van der Waals surface area contributed by atoms with E-state index in [9.17, 15) is 4.79 Å². The van der Waals surface area contributed by atoms with Crippen LogP contribution in [0.25, 0.3) is 11.3 Å². The lowest BCUT2D eigenvalue weighted by atomic mass is 10.2. The van der Waals surface area contributed by atoms with Crippen LogP contribution < -0.4 is 15.8 Å². The molecule has 30 heavy (non-hydrogen) atoms. The average Bonchev–Trinajstić information content (AvgIpc) is 2.75. The van der Waals surface area contributed by atoms with Crippen molar-refractivity contribution in [1.29, 1.82) is 0 Å². The molecular weight excluding hydrogens is 402 g/mol. The molecule has 3 heterocycles. The van der Waals surface area contributed by atoms with E-state index in [1.54, 1.807) is 12.3 Å². The molecule has 3 aromatic rings. The highest BCUT2D eigenvalue weighted by Crippen LogP contribution is 2.25. The highest BCUT2D eigenvalue weighted by molar-refractivity contribution is 6.33. The number of aromatic amines is 1. The molecule has 4 rings (SSSR count). The van der Waals surface area contributed by atoms with Crippen LogP contribution in [0.4, 0.5) is 17.6 Å². The van der Waals surface area contributed by atoms with Crippen molar-refractivity contribution in [3.8, 4) is 11.3 Å². The summed E-state index contributed by atoms with van der Waals surface area (Å²) in [5, 5.41) is 3.60. The Labute approximate surface area is 180 Å². The Hall–Kier alpha value is -2.97. The second-order valence-corrected chi connectivity index (χ2v) is 7.58. The molecule has 2 N–H and O–H groups in total. The zero-order valence-corrected chi connectivity index (χ0v) is 17.8. The van der Waals surface area contributed by atoms with Crippen molar-refractivity contribution >= 4 is 29.2 Å². The van der Waals surface area contributed by atoms with Crippen molar-refractivity contribution in [3.05, 3.63) is 57.6 Å². The highest BCUT2D eigenvalue weighted by atomic mass is 35.5. The Bertz CT molecular complexity index is 1090. The SMILES string of the molecule is CCN1CCN(c2ncc(-c3cc(=O)[nH]c(Nc4ccccc4Cl)n3)c(C)n2)CC1. The molecule has 1 fully saturated rings. The first kappa shape index (κ1) is 20.3. The van der Waals surface area contributed by atoms with E-state index in [1.807, 2.05) is 25.1 Å². The van der Waals surface area contributed by atoms with Gasteiger partial charge in [0.25, 0.3) is 5.56 Å². The van der Waals surface area contributed by atoms with E-state index >= 15 is 0 Å². The van der Waals surface area contributed by atoms with Crippen molar-refractivity contribution in [1.82, 2.24) is 24.8 Å². The molecule has 0 spiro atoms.